The third-order valence-electron chi connectivity index (χ3n) is 5.90. The highest BCUT2D eigenvalue weighted by atomic mass is 32.2. The highest BCUT2D eigenvalue weighted by Crippen LogP contribution is 2.45. The van der Waals surface area contributed by atoms with Crippen molar-refractivity contribution in [2.24, 2.45) is 5.16 Å². The number of carboxylic acid groups (broad SMARTS) is 1. The van der Waals surface area contributed by atoms with Crippen LogP contribution in [0.15, 0.2) is 21.1 Å². The van der Waals surface area contributed by atoms with Crippen molar-refractivity contribution in [1.29, 1.82) is 0 Å². The maximum absolute atomic E-state index is 12.9. The van der Waals surface area contributed by atoms with Crippen LogP contribution in [0.5, 0.6) is 0 Å². The lowest BCUT2D eigenvalue weighted by Crippen LogP contribution is -2.71. The molecule has 4 aliphatic heterocycles. The first-order chi connectivity index (χ1) is 16.8. The number of nitrogens with zero attached hydrogens (tertiary/aromatic N) is 5. The molecular weight excluding hydrogens is 535 g/mol. The van der Waals surface area contributed by atoms with Crippen molar-refractivity contribution in [2.75, 3.05) is 43.9 Å². The number of carboxylic acids is 1. The Morgan fingerprint density at radius 3 is 2.80 bits per heavy atom. The van der Waals surface area contributed by atoms with Gasteiger partial charge in [0.15, 0.2) is 10.8 Å². The third-order valence-corrected chi connectivity index (χ3v) is 10.5. The number of hydrogen-bond acceptors (Lipinski definition) is 12. The van der Waals surface area contributed by atoms with Crippen molar-refractivity contribution in [1.82, 2.24) is 20.1 Å². The van der Waals surface area contributed by atoms with E-state index in [2.05, 4.69) is 32.0 Å². The Hall–Kier alpha value is -2.43. The number of amides is 2. The lowest BCUT2D eigenvalue weighted by atomic mass is 10.0. The van der Waals surface area contributed by atoms with Gasteiger partial charge in [-0.15, -0.1) is 34.9 Å². The van der Waals surface area contributed by atoms with Gasteiger partial charge in [-0.3, -0.25) is 24.0 Å². The molecule has 3 saturated heterocycles. The van der Waals surface area contributed by atoms with E-state index < -0.39 is 29.2 Å². The van der Waals surface area contributed by atoms with Crippen LogP contribution < -0.4 is 16.2 Å². The molecule has 4 N–H and O–H groups in total. The summed E-state index contributed by atoms with van der Waals surface area (Å²) in [6.07, 6.45) is 0. The van der Waals surface area contributed by atoms with Crippen LogP contribution in [0.2, 0.25) is 0 Å². The lowest BCUT2D eigenvalue weighted by Gasteiger charge is -2.51. The molecule has 0 saturated carbocycles. The van der Waals surface area contributed by atoms with E-state index in [1.165, 1.54) is 39.0 Å². The molecule has 5 rings (SSSR count). The monoisotopic (exact) mass is 555 g/mol. The van der Waals surface area contributed by atoms with Gasteiger partial charge in [0.25, 0.3) is 11.8 Å². The first kappa shape index (κ1) is 24.3. The summed E-state index contributed by atoms with van der Waals surface area (Å²) < 4.78 is 2.28. The maximum atomic E-state index is 12.9. The number of rotatable bonds is 6. The lowest BCUT2D eigenvalue weighted by molar-refractivity contribution is -0.580. The Labute approximate surface area is 216 Å². The van der Waals surface area contributed by atoms with Gasteiger partial charge in [0.1, 0.15) is 30.2 Å². The van der Waals surface area contributed by atoms with E-state index in [-0.39, 0.29) is 27.5 Å². The summed E-state index contributed by atoms with van der Waals surface area (Å²) in [5.41, 5.74) is 5.14. The molecule has 2 atom stereocenters. The van der Waals surface area contributed by atoms with Gasteiger partial charge in [0.05, 0.1) is 30.5 Å². The summed E-state index contributed by atoms with van der Waals surface area (Å²) in [6, 6.07) is -0.966. The number of carbonyl (C=O) groups excluding carboxylic acids is 3. The number of aromatic nitrogens is 1. The van der Waals surface area contributed by atoms with Gasteiger partial charge in [-0.25, -0.2) is 4.98 Å². The fraction of sp³-hybridized carbons (Fsp3) is 0.474. The normalized spacial score (nSPS) is 26.5. The zero-order valence-electron chi connectivity index (χ0n) is 18.4. The summed E-state index contributed by atoms with van der Waals surface area (Å²) in [5.74, 6) is -1.32. The van der Waals surface area contributed by atoms with Crippen molar-refractivity contribution in [3.05, 3.63) is 21.7 Å². The van der Waals surface area contributed by atoms with Crippen LogP contribution in [0, 0.1) is 0 Å². The molecule has 0 aromatic carbocycles. The zero-order chi connectivity index (χ0) is 24.9. The van der Waals surface area contributed by atoms with Crippen molar-refractivity contribution in [3.63, 3.8) is 0 Å². The number of hydrogen-bond donors (Lipinski definition) is 3. The van der Waals surface area contributed by atoms with E-state index in [4.69, 9.17) is 5.73 Å². The second-order valence-corrected chi connectivity index (χ2v) is 12.6. The second kappa shape index (κ2) is 9.55. The standard InChI is InChI=1S/C19H21N7O5S4/c1-24-2-3-32-19(24)25-4-8(5-25)35-10-7-33-16-12(15(28)26(16)13(10)17(29)30)22-14(27)11(23-31)9-6-34-18(20)21-9/h6,8,12,16H,2-5,7H2,1H3,(H4-,20,21,22,27,29,30,31)/t12-,16-/m1/s1. The Morgan fingerprint density at radius 2 is 2.20 bits per heavy atom. The molecule has 35 heavy (non-hydrogen) atoms. The number of β-lactam (4-membered cyclic amide) rings is 1. The Kier molecular flexibility index (Phi) is 6.63. The van der Waals surface area contributed by atoms with Crippen LogP contribution in [-0.4, -0.2) is 108 Å². The number of thiazole rings is 1. The predicted molar refractivity (Wildman–Crippen MR) is 133 cm³/mol. The largest absolute Gasteiger partial charge is 0.543 e. The SMILES string of the molecule is CN1CCSC1=[N+]1CC(SC2=C(C(=O)[O-])N3C(=O)[C@@H](NC(=O)/C(=N\O)c4csc(N)n4)[C@H]3SC2)C1. The molecule has 12 nitrogen and oxygen atoms in total. The number of fused-ring (bicyclic) bond motifs is 1. The number of nitrogens with two attached hydrogens (primary N) is 1. The molecule has 186 valence electrons. The zero-order valence-corrected chi connectivity index (χ0v) is 21.6. The predicted octanol–water partition coefficient (Wildman–Crippen LogP) is -1.57. The minimum Gasteiger partial charge on any atom is -0.543 e. The number of nitrogen functional groups attached to an aromatic ring is 1. The summed E-state index contributed by atoms with van der Waals surface area (Å²) in [6.45, 7) is 2.64. The number of thioether (sulfide) groups is 3. The minimum atomic E-state index is -1.41. The molecule has 1 aromatic heterocycles. The topological polar surface area (TPSA) is 167 Å². The number of aliphatic carboxylic acids is 1. The van der Waals surface area contributed by atoms with Gasteiger partial charge in [-0.1, -0.05) is 5.16 Å². The van der Waals surface area contributed by atoms with Crippen molar-refractivity contribution >= 4 is 80.4 Å². The first-order valence-electron chi connectivity index (χ1n) is 10.5. The fourth-order valence-corrected chi connectivity index (χ4v) is 8.79. The highest BCUT2D eigenvalue weighted by Gasteiger charge is 2.53. The van der Waals surface area contributed by atoms with E-state index in [0.29, 0.717) is 10.7 Å². The summed E-state index contributed by atoms with van der Waals surface area (Å²) in [7, 11) is 2.07. The number of amidine groups is 1. The molecule has 4 aliphatic rings. The molecule has 3 fully saturated rings. The molecule has 2 amide bonds. The van der Waals surface area contributed by atoms with Crippen molar-refractivity contribution < 1.29 is 29.3 Å². The molecule has 16 heteroatoms. The van der Waals surface area contributed by atoms with E-state index in [9.17, 15) is 24.7 Å². The number of oxime groups is 1. The minimum absolute atomic E-state index is 0.0799. The summed E-state index contributed by atoms with van der Waals surface area (Å²) in [4.78, 5) is 45.4. The van der Waals surface area contributed by atoms with Crippen LogP contribution in [0.3, 0.4) is 0 Å². The third kappa shape index (κ3) is 4.36. The summed E-state index contributed by atoms with van der Waals surface area (Å²) >= 11 is 5.74. The van der Waals surface area contributed by atoms with Crippen molar-refractivity contribution in [2.45, 2.75) is 16.7 Å². The molecule has 0 unspecified atom stereocenters. The molecule has 1 aromatic rings. The number of carbonyl (C=O) groups is 3. The fourth-order valence-electron chi connectivity index (χ4n) is 4.17. The molecule has 0 radical (unpaired) electrons. The number of anilines is 1. The van der Waals surface area contributed by atoms with Crippen LogP contribution >= 0.6 is 46.6 Å². The van der Waals surface area contributed by atoms with Gasteiger partial charge >= 0.3 is 5.17 Å². The second-order valence-electron chi connectivity index (χ2n) is 8.14. The van der Waals surface area contributed by atoms with E-state index in [1.807, 2.05) is 11.8 Å². The average molecular weight is 556 g/mol. The highest BCUT2D eigenvalue weighted by molar-refractivity contribution is 8.13. The average Bonchev–Trinajstić information content (AvgIpc) is 3.42. The van der Waals surface area contributed by atoms with Crippen molar-refractivity contribution in [3.8, 4) is 0 Å². The van der Waals surface area contributed by atoms with Gasteiger partial charge < -0.3 is 26.2 Å². The van der Waals surface area contributed by atoms with E-state index >= 15 is 0 Å². The van der Waals surface area contributed by atoms with Crippen LogP contribution in [0.4, 0.5) is 5.13 Å². The number of nitrogens with one attached hydrogen (secondary N) is 1. The van der Waals surface area contributed by atoms with Gasteiger partial charge in [-0.2, -0.15) is 0 Å². The van der Waals surface area contributed by atoms with E-state index in [0.717, 1.165) is 36.7 Å². The van der Waals surface area contributed by atoms with Gasteiger partial charge in [0.2, 0.25) is 0 Å². The smallest absolute Gasteiger partial charge is 0.308 e. The van der Waals surface area contributed by atoms with Gasteiger partial charge in [-0.05, 0) is 11.8 Å². The van der Waals surface area contributed by atoms with Crippen LogP contribution in [-0.2, 0) is 14.4 Å². The molecule has 0 aliphatic carbocycles. The first-order valence-corrected chi connectivity index (χ1v) is 14.3. The van der Waals surface area contributed by atoms with Crippen LogP contribution in [0.1, 0.15) is 5.69 Å². The van der Waals surface area contributed by atoms with E-state index in [1.54, 1.807) is 0 Å². The summed E-state index contributed by atoms with van der Waals surface area (Å²) in [5, 5.41) is 29.3. The van der Waals surface area contributed by atoms with Gasteiger partial charge in [0, 0.05) is 21.8 Å². The Balaban J connectivity index is 1.26. The Bertz CT molecular complexity index is 1190. The molecule has 0 spiro atoms. The molecule has 5 heterocycles. The molecule has 0 bridgehead atoms. The quantitative estimate of drug-likeness (QED) is 0.122. The maximum Gasteiger partial charge on any atom is 0.308 e. The van der Waals surface area contributed by atoms with Crippen LogP contribution in [0.25, 0.3) is 0 Å². The Morgan fingerprint density at radius 1 is 1.43 bits per heavy atom. The molecular formula is C19H21N7O5S4.